The average Bonchev–Trinajstić information content (AvgIpc) is 2.75. The molecule has 0 saturated heterocycles. The molecule has 0 N–H and O–H groups in total. The number of allylic oxidation sites excluding steroid dienone is 2. The van der Waals surface area contributed by atoms with Crippen LogP contribution in [0.1, 0.15) is 36.8 Å². The van der Waals surface area contributed by atoms with E-state index in [1.165, 1.54) is 22.3 Å². The maximum Gasteiger partial charge on any atom is 0.226 e. The highest BCUT2D eigenvalue weighted by Gasteiger charge is 2.28. The SMILES string of the molecule is O=C([C@@H]1CCC=C(c2ccccc2)C1)N1CC=C(c2ccccc2)CC1. The second-order valence-electron chi connectivity index (χ2n) is 7.20. The molecule has 0 unspecified atom stereocenters. The highest BCUT2D eigenvalue weighted by molar-refractivity contribution is 5.83. The molecule has 2 aliphatic rings. The number of rotatable bonds is 3. The lowest BCUT2D eigenvalue weighted by Gasteiger charge is -2.32. The summed E-state index contributed by atoms with van der Waals surface area (Å²) in [5, 5.41) is 0. The predicted molar refractivity (Wildman–Crippen MR) is 107 cm³/mol. The van der Waals surface area contributed by atoms with Crippen molar-refractivity contribution < 1.29 is 4.79 Å². The Morgan fingerprint density at radius 2 is 1.50 bits per heavy atom. The summed E-state index contributed by atoms with van der Waals surface area (Å²) in [5.41, 5.74) is 5.23. The maximum absolute atomic E-state index is 13.0. The summed E-state index contributed by atoms with van der Waals surface area (Å²) in [6, 6.07) is 21.0. The second kappa shape index (κ2) is 7.74. The topological polar surface area (TPSA) is 20.3 Å². The van der Waals surface area contributed by atoms with Gasteiger partial charge in [-0.3, -0.25) is 4.79 Å². The van der Waals surface area contributed by atoms with Gasteiger partial charge in [0.25, 0.3) is 0 Å². The predicted octanol–water partition coefficient (Wildman–Crippen LogP) is 5.19. The quantitative estimate of drug-likeness (QED) is 0.751. The number of nitrogens with zero attached hydrogens (tertiary/aromatic N) is 1. The number of amides is 1. The molecule has 2 aromatic carbocycles. The summed E-state index contributed by atoms with van der Waals surface area (Å²) in [5.74, 6) is 0.455. The van der Waals surface area contributed by atoms with Crippen molar-refractivity contribution >= 4 is 17.1 Å². The van der Waals surface area contributed by atoms with Crippen molar-refractivity contribution in [3.8, 4) is 0 Å². The summed E-state index contributed by atoms with van der Waals surface area (Å²) in [6.07, 6.45) is 8.33. The highest BCUT2D eigenvalue weighted by Crippen LogP contribution is 2.33. The molecule has 2 aromatic rings. The third-order valence-electron chi connectivity index (χ3n) is 5.53. The zero-order valence-corrected chi connectivity index (χ0v) is 15.1. The standard InChI is InChI=1S/C24H25NO/c26-24(23-13-7-12-22(18-23)20-10-5-2-6-11-20)25-16-14-21(15-17-25)19-8-3-1-4-9-19/h1-6,8-12,14,23H,7,13,15-18H2/t23-/m1/s1. The van der Waals surface area contributed by atoms with Crippen LogP contribution in [0, 0.1) is 5.92 Å². The first-order chi connectivity index (χ1) is 12.8. The van der Waals surface area contributed by atoms with Crippen molar-refractivity contribution in [1.29, 1.82) is 0 Å². The summed E-state index contributed by atoms with van der Waals surface area (Å²) >= 11 is 0. The Morgan fingerprint density at radius 3 is 2.12 bits per heavy atom. The molecule has 2 heteroatoms. The largest absolute Gasteiger partial charge is 0.338 e. The lowest BCUT2D eigenvalue weighted by molar-refractivity contribution is -0.135. The van der Waals surface area contributed by atoms with Crippen molar-refractivity contribution in [2.24, 2.45) is 5.92 Å². The van der Waals surface area contributed by atoms with Crippen molar-refractivity contribution in [1.82, 2.24) is 4.90 Å². The summed E-state index contributed by atoms with van der Waals surface area (Å²) < 4.78 is 0. The van der Waals surface area contributed by atoms with E-state index in [0.29, 0.717) is 5.91 Å². The van der Waals surface area contributed by atoms with Crippen LogP contribution in [0.4, 0.5) is 0 Å². The molecule has 1 atom stereocenters. The minimum Gasteiger partial charge on any atom is -0.338 e. The number of carbonyl (C=O) groups is 1. The molecule has 4 rings (SSSR count). The third-order valence-corrected chi connectivity index (χ3v) is 5.53. The molecule has 0 aromatic heterocycles. The molecule has 1 heterocycles. The number of hydrogen-bond donors (Lipinski definition) is 0. The first-order valence-electron chi connectivity index (χ1n) is 9.59. The minimum atomic E-state index is 0.127. The summed E-state index contributed by atoms with van der Waals surface area (Å²) in [6.45, 7) is 1.57. The third kappa shape index (κ3) is 3.65. The van der Waals surface area contributed by atoms with Crippen molar-refractivity contribution in [3.05, 3.63) is 83.9 Å². The molecule has 1 amide bonds. The molecule has 26 heavy (non-hydrogen) atoms. The van der Waals surface area contributed by atoms with Gasteiger partial charge in [0.05, 0.1) is 0 Å². The van der Waals surface area contributed by atoms with E-state index in [4.69, 9.17) is 0 Å². The molecule has 0 fully saturated rings. The second-order valence-corrected chi connectivity index (χ2v) is 7.20. The van der Waals surface area contributed by atoms with Crippen LogP contribution in [-0.4, -0.2) is 23.9 Å². The van der Waals surface area contributed by atoms with Crippen molar-refractivity contribution in [2.75, 3.05) is 13.1 Å². The Bertz CT molecular complexity index is 820. The van der Waals surface area contributed by atoms with Crippen molar-refractivity contribution in [3.63, 3.8) is 0 Å². The van der Waals surface area contributed by atoms with E-state index in [0.717, 1.165) is 38.8 Å². The van der Waals surface area contributed by atoms with Gasteiger partial charge in [-0.25, -0.2) is 0 Å². The molecular weight excluding hydrogens is 318 g/mol. The number of carbonyl (C=O) groups excluding carboxylic acids is 1. The zero-order chi connectivity index (χ0) is 17.8. The van der Waals surface area contributed by atoms with E-state index >= 15 is 0 Å². The Kier molecular flexibility index (Phi) is 5.01. The van der Waals surface area contributed by atoms with Crippen molar-refractivity contribution in [2.45, 2.75) is 25.7 Å². The van der Waals surface area contributed by atoms with Gasteiger partial charge < -0.3 is 4.90 Å². The van der Waals surface area contributed by atoms with Gasteiger partial charge in [0.15, 0.2) is 0 Å². The van der Waals surface area contributed by atoms with E-state index in [1.807, 2.05) is 17.0 Å². The molecule has 0 radical (unpaired) electrons. The van der Waals surface area contributed by atoms with Crippen LogP contribution in [0.5, 0.6) is 0 Å². The summed E-state index contributed by atoms with van der Waals surface area (Å²) in [4.78, 5) is 15.1. The van der Waals surface area contributed by atoms with Crippen LogP contribution in [0.2, 0.25) is 0 Å². The highest BCUT2D eigenvalue weighted by atomic mass is 16.2. The van der Waals surface area contributed by atoms with Gasteiger partial charge in [-0.15, -0.1) is 0 Å². The van der Waals surface area contributed by atoms with Crippen LogP contribution < -0.4 is 0 Å². The van der Waals surface area contributed by atoms with Gasteiger partial charge in [-0.1, -0.05) is 72.8 Å². The monoisotopic (exact) mass is 343 g/mol. The van der Waals surface area contributed by atoms with E-state index < -0.39 is 0 Å². The van der Waals surface area contributed by atoms with Crippen LogP contribution >= 0.6 is 0 Å². The molecular formula is C24H25NO. The van der Waals surface area contributed by atoms with Crippen LogP contribution in [0.15, 0.2) is 72.8 Å². The van der Waals surface area contributed by atoms with Gasteiger partial charge in [0, 0.05) is 19.0 Å². The molecule has 1 aliphatic carbocycles. The van der Waals surface area contributed by atoms with Crippen LogP contribution in [-0.2, 0) is 4.79 Å². The summed E-state index contributed by atoms with van der Waals surface area (Å²) in [7, 11) is 0. The number of hydrogen-bond acceptors (Lipinski definition) is 1. The first-order valence-corrected chi connectivity index (χ1v) is 9.59. The lowest BCUT2D eigenvalue weighted by Crippen LogP contribution is -2.39. The van der Waals surface area contributed by atoms with Gasteiger partial charge in [0.2, 0.25) is 5.91 Å². The van der Waals surface area contributed by atoms with Gasteiger partial charge in [-0.2, -0.15) is 0 Å². The first kappa shape index (κ1) is 16.8. The molecule has 0 bridgehead atoms. The van der Waals surface area contributed by atoms with Gasteiger partial charge >= 0.3 is 0 Å². The molecule has 2 nitrogen and oxygen atoms in total. The van der Waals surface area contributed by atoms with Crippen LogP contribution in [0.25, 0.3) is 11.1 Å². The fourth-order valence-electron chi connectivity index (χ4n) is 4.05. The Labute approximate surface area is 155 Å². The lowest BCUT2D eigenvalue weighted by atomic mass is 9.84. The fraction of sp³-hybridized carbons (Fsp3) is 0.292. The minimum absolute atomic E-state index is 0.127. The van der Waals surface area contributed by atoms with Gasteiger partial charge in [-0.05, 0) is 48.0 Å². The fourth-order valence-corrected chi connectivity index (χ4v) is 4.05. The average molecular weight is 343 g/mol. The zero-order valence-electron chi connectivity index (χ0n) is 15.1. The molecule has 1 aliphatic heterocycles. The van der Waals surface area contributed by atoms with E-state index in [1.54, 1.807) is 0 Å². The molecule has 132 valence electrons. The Balaban J connectivity index is 1.41. The Hall–Kier alpha value is -2.61. The normalized spacial score (nSPS) is 20.3. The van der Waals surface area contributed by atoms with Gasteiger partial charge in [0.1, 0.15) is 0 Å². The maximum atomic E-state index is 13.0. The van der Waals surface area contributed by atoms with E-state index in [2.05, 4.69) is 60.7 Å². The Morgan fingerprint density at radius 1 is 0.846 bits per heavy atom. The smallest absolute Gasteiger partial charge is 0.226 e. The van der Waals surface area contributed by atoms with E-state index in [9.17, 15) is 4.79 Å². The molecule has 0 spiro atoms. The number of benzene rings is 2. The van der Waals surface area contributed by atoms with E-state index in [-0.39, 0.29) is 5.92 Å². The molecule has 0 saturated carbocycles. The van der Waals surface area contributed by atoms with Crippen LogP contribution in [0.3, 0.4) is 0 Å².